The lowest BCUT2D eigenvalue weighted by Crippen LogP contribution is -2.31. The van der Waals surface area contributed by atoms with Gasteiger partial charge in [-0.15, -0.1) is 0 Å². The Labute approximate surface area is 164 Å². The van der Waals surface area contributed by atoms with E-state index in [4.69, 9.17) is 16.3 Å². The van der Waals surface area contributed by atoms with Gasteiger partial charge in [0, 0.05) is 22.5 Å². The first-order valence-corrected chi connectivity index (χ1v) is 9.65. The lowest BCUT2D eigenvalue weighted by atomic mass is 10.0. The zero-order chi connectivity index (χ0) is 18.6. The lowest BCUT2D eigenvalue weighted by Gasteiger charge is -2.29. The van der Waals surface area contributed by atoms with Crippen LogP contribution in [0.2, 0.25) is 5.02 Å². The summed E-state index contributed by atoms with van der Waals surface area (Å²) in [6.45, 7) is 2.95. The molecule has 0 bridgehead atoms. The molecule has 4 rings (SSSR count). The number of nitrogens with one attached hydrogen (secondary N) is 1. The largest absolute Gasteiger partial charge is 0.496 e. The average Bonchev–Trinajstić information content (AvgIpc) is 3.23. The molecule has 6 heteroatoms. The minimum Gasteiger partial charge on any atom is -0.496 e. The molecule has 1 aromatic heterocycles. The normalized spacial score (nSPS) is 15.8. The maximum absolute atomic E-state index is 6.10. The number of benzene rings is 2. The molecule has 0 spiro atoms. The van der Waals surface area contributed by atoms with E-state index in [1.54, 1.807) is 13.4 Å². The van der Waals surface area contributed by atoms with Crippen molar-refractivity contribution >= 4 is 28.3 Å². The molecule has 140 valence electrons. The number of fused-ring (bicyclic) bond motifs is 1. The number of para-hydroxylation sites is 1. The smallest absolute Gasteiger partial charge is 0.137 e. The number of methoxy groups -OCH3 is 1. The van der Waals surface area contributed by atoms with Crippen LogP contribution >= 0.6 is 11.6 Å². The van der Waals surface area contributed by atoms with Crippen molar-refractivity contribution in [3.05, 3.63) is 59.4 Å². The number of ether oxygens (including phenoxy) is 1. The molecule has 3 aromatic rings. The zero-order valence-electron chi connectivity index (χ0n) is 15.4. The van der Waals surface area contributed by atoms with E-state index in [1.807, 2.05) is 30.3 Å². The number of anilines is 1. The van der Waals surface area contributed by atoms with Gasteiger partial charge >= 0.3 is 0 Å². The number of nitrogens with zero attached hydrogens (tertiary/aromatic N) is 3. The summed E-state index contributed by atoms with van der Waals surface area (Å²) in [5, 5.41) is 5.19. The van der Waals surface area contributed by atoms with Crippen molar-refractivity contribution in [1.82, 2.24) is 14.9 Å². The van der Waals surface area contributed by atoms with Crippen LogP contribution in [0.1, 0.15) is 24.4 Å². The van der Waals surface area contributed by atoms with Crippen LogP contribution in [0.4, 0.5) is 5.82 Å². The summed E-state index contributed by atoms with van der Waals surface area (Å²) >= 11 is 6.10. The molecule has 1 saturated heterocycles. The Morgan fingerprint density at radius 1 is 1.15 bits per heavy atom. The molecule has 5 nitrogen and oxygen atoms in total. The molecule has 27 heavy (non-hydrogen) atoms. The first-order valence-electron chi connectivity index (χ1n) is 9.27. The van der Waals surface area contributed by atoms with Crippen LogP contribution in [0, 0.1) is 0 Å². The first-order chi connectivity index (χ1) is 13.3. The number of rotatable bonds is 6. The SMILES string of the molecule is COc1ccccc1C(CNc1ncnc2cc(Cl)ccc12)N1CCCC1. The van der Waals surface area contributed by atoms with Gasteiger partial charge in [-0.25, -0.2) is 9.97 Å². The highest BCUT2D eigenvalue weighted by atomic mass is 35.5. The maximum Gasteiger partial charge on any atom is 0.137 e. The van der Waals surface area contributed by atoms with E-state index in [1.165, 1.54) is 18.4 Å². The minimum atomic E-state index is 0.223. The van der Waals surface area contributed by atoms with Gasteiger partial charge in [0.25, 0.3) is 0 Å². The molecule has 0 saturated carbocycles. The van der Waals surface area contributed by atoms with E-state index in [9.17, 15) is 0 Å². The van der Waals surface area contributed by atoms with E-state index in [-0.39, 0.29) is 6.04 Å². The molecule has 1 aliphatic rings. The fourth-order valence-electron chi connectivity index (χ4n) is 3.80. The Morgan fingerprint density at radius 3 is 2.78 bits per heavy atom. The summed E-state index contributed by atoms with van der Waals surface area (Å²) in [4.78, 5) is 11.3. The first kappa shape index (κ1) is 18.0. The van der Waals surface area contributed by atoms with Crippen molar-refractivity contribution in [1.29, 1.82) is 0 Å². The molecule has 1 atom stereocenters. The molecule has 1 unspecified atom stereocenters. The Morgan fingerprint density at radius 2 is 1.96 bits per heavy atom. The second-order valence-corrected chi connectivity index (χ2v) is 7.20. The monoisotopic (exact) mass is 382 g/mol. The van der Waals surface area contributed by atoms with Gasteiger partial charge in [0.05, 0.1) is 18.7 Å². The van der Waals surface area contributed by atoms with Crippen molar-refractivity contribution in [2.45, 2.75) is 18.9 Å². The summed E-state index contributed by atoms with van der Waals surface area (Å²) < 4.78 is 5.63. The number of likely N-dealkylation sites (tertiary alicyclic amines) is 1. The van der Waals surface area contributed by atoms with E-state index < -0.39 is 0 Å². The van der Waals surface area contributed by atoms with Gasteiger partial charge in [-0.05, 0) is 50.2 Å². The van der Waals surface area contributed by atoms with Crippen LogP contribution in [0.25, 0.3) is 10.9 Å². The zero-order valence-corrected chi connectivity index (χ0v) is 16.1. The lowest BCUT2D eigenvalue weighted by molar-refractivity contribution is 0.249. The fourth-order valence-corrected chi connectivity index (χ4v) is 3.96. The van der Waals surface area contributed by atoms with Crippen molar-refractivity contribution in [3.63, 3.8) is 0 Å². The molecule has 1 aliphatic heterocycles. The highest BCUT2D eigenvalue weighted by molar-refractivity contribution is 6.31. The molecule has 2 heterocycles. The van der Waals surface area contributed by atoms with Crippen LogP contribution in [-0.4, -0.2) is 41.6 Å². The number of aromatic nitrogens is 2. The summed E-state index contributed by atoms with van der Waals surface area (Å²) in [6, 6.07) is 14.2. The van der Waals surface area contributed by atoms with Crippen molar-refractivity contribution in [3.8, 4) is 5.75 Å². The van der Waals surface area contributed by atoms with Crippen LogP contribution in [0.15, 0.2) is 48.8 Å². The second kappa shape index (κ2) is 8.11. The summed E-state index contributed by atoms with van der Waals surface area (Å²) in [5.74, 6) is 1.76. The predicted octanol–water partition coefficient (Wildman–Crippen LogP) is 4.54. The van der Waals surface area contributed by atoms with Gasteiger partial charge < -0.3 is 10.1 Å². The number of hydrogen-bond acceptors (Lipinski definition) is 5. The molecule has 0 amide bonds. The van der Waals surface area contributed by atoms with Gasteiger partial charge in [0.15, 0.2) is 0 Å². The van der Waals surface area contributed by atoms with Crippen LogP contribution in [0.3, 0.4) is 0 Å². The molecule has 1 fully saturated rings. The van der Waals surface area contributed by atoms with Gasteiger partial charge in [-0.2, -0.15) is 0 Å². The highest BCUT2D eigenvalue weighted by Gasteiger charge is 2.26. The van der Waals surface area contributed by atoms with E-state index in [0.29, 0.717) is 5.02 Å². The van der Waals surface area contributed by atoms with Gasteiger partial charge in [0.2, 0.25) is 0 Å². The van der Waals surface area contributed by atoms with Gasteiger partial charge in [0.1, 0.15) is 17.9 Å². The Bertz CT molecular complexity index is 927. The average molecular weight is 383 g/mol. The van der Waals surface area contributed by atoms with E-state index in [0.717, 1.165) is 42.1 Å². The standard InChI is InChI=1S/C21H23ClN4O/c1-27-20-7-3-2-6-17(20)19(26-10-4-5-11-26)13-23-21-16-9-8-15(22)12-18(16)24-14-25-21/h2-3,6-9,12,14,19H,4-5,10-11,13H2,1H3,(H,23,24,25). The number of hydrogen-bond donors (Lipinski definition) is 1. The van der Waals surface area contributed by atoms with Crippen molar-refractivity contribution in [2.75, 3.05) is 32.1 Å². The molecule has 1 N–H and O–H groups in total. The highest BCUT2D eigenvalue weighted by Crippen LogP contribution is 2.32. The molecule has 2 aromatic carbocycles. The third-order valence-electron chi connectivity index (χ3n) is 5.14. The Hall–Kier alpha value is -2.37. The van der Waals surface area contributed by atoms with E-state index >= 15 is 0 Å². The maximum atomic E-state index is 6.10. The van der Waals surface area contributed by atoms with Gasteiger partial charge in [-0.1, -0.05) is 29.8 Å². The van der Waals surface area contributed by atoms with E-state index in [2.05, 4.69) is 32.3 Å². The minimum absolute atomic E-state index is 0.223. The molecular formula is C21H23ClN4O. The van der Waals surface area contributed by atoms with Crippen molar-refractivity contribution < 1.29 is 4.74 Å². The van der Waals surface area contributed by atoms with Crippen LogP contribution in [0.5, 0.6) is 5.75 Å². The fraction of sp³-hybridized carbons (Fsp3) is 0.333. The summed E-state index contributed by atoms with van der Waals surface area (Å²) in [5.41, 5.74) is 2.05. The Kier molecular flexibility index (Phi) is 5.41. The quantitative estimate of drug-likeness (QED) is 0.678. The summed E-state index contributed by atoms with van der Waals surface area (Å²) in [7, 11) is 1.73. The third-order valence-corrected chi connectivity index (χ3v) is 5.38. The van der Waals surface area contributed by atoms with Crippen LogP contribution < -0.4 is 10.1 Å². The molecular weight excluding hydrogens is 360 g/mol. The summed E-state index contributed by atoms with van der Waals surface area (Å²) in [6.07, 6.45) is 4.05. The second-order valence-electron chi connectivity index (χ2n) is 6.77. The van der Waals surface area contributed by atoms with Crippen molar-refractivity contribution in [2.24, 2.45) is 0 Å². The molecule has 0 radical (unpaired) electrons. The van der Waals surface area contributed by atoms with Gasteiger partial charge in [-0.3, -0.25) is 4.90 Å². The Balaban J connectivity index is 1.63. The topological polar surface area (TPSA) is 50.3 Å². The third kappa shape index (κ3) is 3.84. The predicted molar refractivity (Wildman–Crippen MR) is 110 cm³/mol. The molecule has 0 aliphatic carbocycles. The number of halogens is 1. The van der Waals surface area contributed by atoms with Crippen LogP contribution in [-0.2, 0) is 0 Å².